The summed E-state index contributed by atoms with van der Waals surface area (Å²) < 4.78 is 3.69. The maximum Gasteiger partial charge on any atom is 0.307 e. The van der Waals surface area contributed by atoms with E-state index < -0.39 is 16.0 Å². The van der Waals surface area contributed by atoms with Crippen LogP contribution >= 0.6 is 22.6 Å². The summed E-state index contributed by atoms with van der Waals surface area (Å²) >= 11 is 1.65. The third-order valence-corrected chi connectivity index (χ3v) is 1.62. The van der Waals surface area contributed by atoms with Crippen LogP contribution in [-0.4, -0.2) is 16.0 Å². The van der Waals surface area contributed by atoms with Crippen molar-refractivity contribution in [3.63, 3.8) is 0 Å². The SMILES string of the molecule is CCC(=O)OC(I)C(N)=O. The maximum atomic E-state index is 10.5. The number of primary amides is 1. The van der Waals surface area contributed by atoms with Crippen LogP contribution in [0.3, 0.4) is 0 Å². The highest BCUT2D eigenvalue weighted by Gasteiger charge is 2.13. The van der Waals surface area contributed by atoms with Gasteiger partial charge in [0.2, 0.25) is 4.11 Å². The van der Waals surface area contributed by atoms with E-state index in [9.17, 15) is 9.59 Å². The zero-order valence-electron chi connectivity index (χ0n) is 5.46. The third-order valence-electron chi connectivity index (χ3n) is 0.747. The van der Waals surface area contributed by atoms with Gasteiger partial charge in [0.25, 0.3) is 5.91 Å². The summed E-state index contributed by atoms with van der Waals surface area (Å²) in [7, 11) is 0. The average Bonchev–Trinajstić information content (AvgIpc) is 1.87. The smallest absolute Gasteiger partial charge is 0.307 e. The van der Waals surface area contributed by atoms with Gasteiger partial charge in [0.15, 0.2) is 0 Å². The van der Waals surface area contributed by atoms with Crippen molar-refractivity contribution in [2.75, 3.05) is 0 Å². The Morgan fingerprint density at radius 2 is 2.20 bits per heavy atom. The Kier molecular flexibility index (Phi) is 4.33. The summed E-state index contributed by atoms with van der Waals surface area (Å²) in [5.74, 6) is -1.05. The van der Waals surface area contributed by atoms with E-state index in [0.29, 0.717) is 0 Å². The van der Waals surface area contributed by atoms with Gasteiger partial charge in [-0.3, -0.25) is 9.59 Å². The molecule has 2 N–H and O–H groups in total. The van der Waals surface area contributed by atoms with E-state index in [1.807, 2.05) is 0 Å². The van der Waals surface area contributed by atoms with E-state index in [1.54, 1.807) is 29.5 Å². The molecule has 0 spiro atoms. The first-order chi connectivity index (χ1) is 4.57. The number of rotatable bonds is 3. The molecule has 1 amide bonds. The lowest BCUT2D eigenvalue weighted by molar-refractivity contribution is -0.148. The molecule has 0 aliphatic heterocycles. The summed E-state index contributed by atoms with van der Waals surface area (Å²) in [6, 6.07) is 0. The van der Waals surface area contributed by atoms with Gasteiger partial charge in [0.1, 0.15) is 0 Å². The molecule has 10 heavy (non-hydrogen) atoms. The van der Waals surface area contributed by atoms with E-state index in [2.05, 4.69) is 4.74 Å². The molecular weight excluding hydrogens is 249 g/mol. The molecule has 0 saturated carbocycles. The standard InChI is InChI=1S/C5H8INO3/c1-2-3(8)10-4(6)5(7)9/h4H,2H2,1H3,(H2,7,9). The number of hydrogen-bond donors (Lipinski definition) is 1. The van der Waals surface area contributed by atoms with E-state index in [0.717, 1.165) is 0 Å². The minimum Gasteiger partial charge on any atom is -0.441 e. The molecule has 5 heteroatoms. The van der Waals surface area contributed by atoms with Crippen molar-refractivity contribution in [2.45, 2.75) is 17.5 Å². The molecule has 0 aromatic heterocycles. The third kappa shape index (κ3) is 3.65. The first-order valence-corrected chi connectivity index (χ1v) is 3.95. The number of amides is 1. The monoisotopic (exact) mass is 257 g/mol. The molecule has 4 nitrogen and oxygen atoms in total. The Morgan fingerprint density at radius 3 is 2.50 bits per heavy atom. The second-order valence-corrected chi connectivity index (χ2v) is 2.69. The van der Waals surface area contributed by atoms with Gasteiger partial charge in [-0.15, -0.1) is 0 Å². The molecule has 0 fully saturated rings. The molecule has 0 rings (SSSR count). The Bertz CT molecular complexity index is 148. The number of ether oxygens (including phenoxy) is 1. The fourth-order valence-corrected chi connectivity index (χ4v) is 0.540. The highest BCUT2D eigenvalue weighted by molar-refractivity contribution is 14.1. The second kappa shape index (κ2) is 4.48. The van der Waals surface area contributed by atoms with Crippen molar-refractivity contribution in [3.8, 4) is 0 Å². The Balaban J connectivity index is 3.68. The highest BCUT2D eigenvalue weighted by Crippen LogP contribution is 2.02. The van der Waals surface area contributed by atoms with Crippen LogP contribution in [-0.2, 0) is 14.3 Å². The number of nitrogens with two attached hydrogens (primary N) is 1. The normalized spacial score (nSPS) is 12.2. The van der Waals surface area contributed by atoms with E-state index in [4.69, 9.17) is 5.73 Å². The summed E-state index contributed by atoms with van der Waals surface area (Å²) in [5.41, 5.74) is 4.82. The van der Waals surface area contributed by atoms with Gasteiger partial charge in [0.05, 0.1) is 0 Å². The molecule has 0 aliphatic rings. The van der Waals surface area contributed by atoms with Gasteiger partial charge in [-0.25, -0.2) is 0 Å². The quantitative estimate of drug-likeness (QED) is 0.445. The summed E-state index contributed by atoms with van der Waals surface area (Å²) in [4.78, 5) is 20.8. The molecule has 0 aromatic rings. The molecule has 0 radical (unpaired) electrons. The van der Waals surface area contributed by atoms with Crippen LogP contribution in [0.5, 0.6) is 0 Å². The van der Waals surface area contributed by atoms with Crippen LogP contribution < -0.4 is 5.73 Å². The zero-order chi connectivity index (χ0) is 8.15. The molecule has 0 aromatic carbocycles. The molecule has 58 valence electrons. The van der Waals surface area contributed by atoms with Crippen molar-refractivity contribution >= 4 is 34.5 Å². The molecule has 0 aliphatic carbocycles. The molecular formula is C5H8INO3. The minimum absolute atomic E-state index is 0.257. The number of hydrogen-bond acceptors (Lipinski definition) is 3. The van der Waals surface area contributed by atoms with Crippen LogP contribution in [0.4, 0.5) is 0 Å². The first kappa shape index (κ1) is 9.67. The van der Waals surface area contributed by atoms with Crippen molar-refractivity contribution in [1.29, 1.82) is 0 Å². The molecule has 1 atom stereocenters. The number of alkyl halides is 1. The highest BCUT2D eigenvalue weighted by atomic mass is 127. The minimum atomic E-state index is -0.843. The molecule has 0 bridgehead atoms. The molecule has 1 unspecified atom stereocenters. The topological polar surface area (TPSA) is 69.4 Å². The summed E-state index contributed by atoms with van der Waals surface area (Å²) in [6.07, 6.45) is 0.257. The van der Waals surface area contributed by atoms with Gasteiger partial charge in [-0.05, 0) is 22.6 Å². The van der Waals surface area contributed by atoms with Crippen LogP contribution in [0.15, 0.2) is 0 Å². The Hall–Kier alpha value is -0.330. The maximum absolute atomic E-state index is 10.5. The van der Waals surface area contributed by atoms with Crippen LogP contribution in [0.25, 0.3) is 0 Å². The number of carbonyl (C=O) groups excluding carboxylic acids is 2. The second-order valence-electron chi connectivity index (χ2n) is 1.56. The van der Waals surface area contributed by atoms with Gasteiger partial charge in [-0.2, -0.15) is 0 Å². The van der Waals surface area contributed by atoms with E-state index in [-0.39, 0.29) is 6.42 Å². The largest absolute Gasteiger partial charge is 0.441 e. The Labute approximate surface area is 72.2 Å². The van der Waals surface area contributed by atoms with E-state index >= 15 is 0 Å². The van der Waals surface area contributed by atoms with Gasteiger partial charge >= 0.3 is 5.97 Å². The first-order valence-electron chi connectivity index (χ1n) is 2.70. The van der Waals surface area contributed by atoms with Crippen LogP contribution in [0.1, 0.15) is 13.3 Å². The predicted molar refractivity (Wildman–Crippen MR) is 43.4 cm³/mol. The van der Waals surface area contributed by atoms with Gasteiger partial charge in [-0.1, -0.05) is 6.92 Å². The van der Waals surface area contributed by atoms with Crippen molar-refractivity contribution in [3.05, 3.63) is 0 Å². The lowest BCUT2D eigenvalue weighted by Gasteiger charge is -2.05. The lowest BCUT2D eigenvalue weighted by Crippen LogP contribution is -2.27. The lowest BCUT2D eigenvalue weighted by atomic mass is 10.5. The van der Waals surface area contributed by atoms with Gasteiger partial charge in [0, 0.05) is 6.42 Å². The van der Waals surface area contributed by atoms with Crippen molar-refractivity contribution in [1.82, 2.24) is 0 Å². The number of carbonyl (C=O) groups is 2. The predicted octanol–water partition coefficient (Wildman–Crippen LogP) is 0.186. The van der Waals surface area contributed by atoms with Crippen LogP contribution in [0, 0.1) is 0 Å². The molecule has 0 heterocycles. The van der Waals surface area contributed by atoms with Crippen LogP contribution in [0.2, 0.25) is 0 Å². The Morgan fingerprint density at radius 1 is 1.70 bits per heavy atom. The van der Waals surface area contributed by atoms with Crippen molar-refractivity contribution < 1.29 is 14.3 Å². The fourth-order valence-electron chi connectivity index (χ4n) is 0.257. The zero-order valence-corrected chi connectivity index (χ0v) is 7.62. The summed E-state index contributed by atoms with van der Waals surface area (Å²) in [6.45, 7) is 1.65. The fraction of sp³-hybridized carbons (Fsp3) is 0.600. The molecule has 0 saturated heterocycles. The average molecular weight is 257 g/mol. The van der Waals surface area contributed by atoms with Gasteiger partial charge < -0.3 is 10.5 Å². The number of esters is 1. The summed E-state index contributed by atoms with van der Waals surface area (Å²) in [5, 5.41) is 0. The van der Waals surface area contributed by atoms with E-state index in [1.165, 1.54) is 0 Å². The number of halogens is 1. The van der Waals surface area contributed by atoms with Crippen molar-refractivity contribution in [2.24, 2.45) is 5.73 Å².